The first-order valence-corrected chi connectivity index (χ1v) is 8.79. The lowest BCUT2D eigenvalue weighted by atomic mass is 10.1. The van der Waals surface area contributed by atoms with Crippen molar-refractivity contribution in [2.45, 2.75) is 37.3 Å². The molecule has 0 saturated carbocycles. The monoisotopic (exact) mass is 377 g/mol. The number of amides is 3. The molecule has 2 atom stereocenters. The van der Waals surface area contributed by atoms with E-state index in [0.717, 1.165) is 11.0 Å². The molecule has 8 heteroatoms. The Morgan fingerprint density at radius 3 is 2.52 bits per heavy atom. The summed E-state index contributed by atoms with van der Waals surface area (Å²) in [4.78, 5) is 39.6. The fraction of sp³-hybridized carbons (Fsp3) is 0.421. The fourth-order valence-corrected chi connectivity index (χ4v) is 3.63. The molecule has 0 aromatic heterocycles. The minimum absolute atomic E-state index is 0.296. The number of carbonyl (C=O) groups excluding carboxylic acids is 3. The highest BCUT2D eigenvalue weighted by Gasteiger charge is 2.51. The van der Waals surface area contributed by atoms with Gasteiger partial charge in [-0.2, -0.15) is 0 Å². The summed E-state index contributed by atoms with van der Waals surface area (Å²) < 4.78 is 27.7. The van der Waals surface area contributed by atoms with Crippen molar-refractivity contribution in [3.63, 3.8) is 0 Å². The summed E-state index contributed by atoms with van der Waals surface area (Å²) in [6.45, 7) is 2.79. The molecule has 3 rings (SSSR count). The largest absolute Gasteiger partial charge is 0.329 e. The molecule has 2 fully saturated rings. The minimum Gasteiger partial charge on any atom is -0.329 e. The van der Waals surface area contributed by atoms with E-state index in [4.69, 9.17) is 0 Å². The Bertz CT molecular complexity index is 754. The predicted octanol–water partition coefficient (Wildman–Crippen LogP) is 2.04. The number of anilines is 1. The minimum atomic E-state index is -3.14. The zero-order valence-corrected chi connectivity index (χ0v) is 14.7. The van der Waals surface area contributed by atoms with Gasteiger partial charge in [0.05, 0.1) is 6.54 Å². The third kappa shape index (κ3) is 3.99. The zero-order valence-electron chi connectivity index (χ0n) is 14.7. The van der Waals surface area contributed by atoms with Gasteiger partial charge in [-0.1, -0.05) is 24.8 Å². The molecular weight excluding hydrogens is 356 g/mol. The Hall–Kier alpha value is -2.77. The van der Waals surface area contributed by atoms with Gasteiger partial charge in [0.25, 0.3) is 5.92 Å². The molecule has 0 radical (unpaired) electrons. The summed E-state index contributed by atoms with van der Waals surface area (Å²) >= 11 is 0. The summed E-state index contributed by atoms with van der Waals surface area (Å²) in [5.41, 5.74) is 0.595. The van der Waals surface area contributed by atoms with Gasteiger partial charge in [0.15, 0.2) is 0 Å². The van der Waals surface area contributed by atoms with Crippen LogP contribution in [0.2, 0.25) is 0 Å². The van der Waals surface area contributed by atoms with Crippen LogP contribution >= 0.6 is 0 Å². The maximum atomic E-state index is 13.9. The molecule has 3 amide bonds. The van der Waals surface area contributed by atoms with Gasteiger partial charge in [0.1, 0.15) is 12.1 Å². The van der Waals surface area contributed by atoms with E-state index >= 15 is 0 Å². The summed E-state index contributed by atoms with van der Waals surface area (Å²) in [6.07, 6.45) is 1.22. The van der Waals surface area contributed by atoms with E-state index in [1.54, 1.807) is 24.3 Å². The SMILES string of the molecule is C=CC(=O)N1CC(F)(F)C[C@H]1C(=O)N1CCC[C@H]1C(=O)Nc1ccccc1. The van der Waals surface area contributed by atoms with Crippen LogP contribution in [0.1, 0.15) is 19.3 Å². The van der Waals surface area contributed by atoms with Gasteiger partial charge in [-0.15, -0.1) is 0 Å². The number of benzene rings is 1. The summed E-state index contributed by atoms with van der Waals surface area (Å²) in [6, 6.07) is 6.77. The lowest BCUT2D eigenvalue weighted by Crippen LogP contribution is -2.51. The predicted molar refractivity (Wildman–Crippen MR) is 95.1 cm³/mol. The van der Waals surface area contributed by atoms with Gasteiger partial charge in [0.2, 0.25) is 17.7 Å². The molecule has 0 unspecified atom stereocenters. The molecule has 144 valence electrons. The van der Waals surface area contributed by atoms with Crippen LogP contribution in [0.4, 0.5) is 14.5 Å². The van der Waals surface area contributed by atoms with E-state index in [9.17, 15) is 23.2 Å². The highest BCUT2D eigenvalue weighted by molar-refractivity contribution is 5.99. The van der Waals surface area contributed by atoms with E-state index < -0.39 is 42.8 Å². The fourth-order valence-electron chi connectivity index (χ4n) is 3.63. The highest BCUT2D eigenvalue weighted by atomic mass is 19.3. The van der Waals surface area contributed by atoms with Crippen LogP contribution in [0.5, 0.6) is 0 Å². The van der Waals surface area contributed by atoms with Crippen LogP contribution < -0.4 is 5.32 Å². The van der Waals surface area contributed by atoms with E-state index in [2.05, 4.69) is 11.9 Å². The van der Waals surface area contributed by atoms with Gasteiger partial charge in [-0.25, -0.2) is 8.78 Å². The van der Waals surface area contributed by atoms with Gasteiger partial charge in [-0.05, 0) is 31.1 Å². The van der Waals surface area contributed by atoms with Crippen molar-refractivity contribution in [2.75, 3.05) is 18.4 Å². The summed E-state index contributed by atoms with van der Waals surface area (Å²) in [7, 11) is 0. The summed E-state index contributed by atoms with van der Waals surface area (Å²) in [5, 5.41) is 2.74. The topological polar surface area (TPSA) is 69.7 Å². The molecule has 6 nitrogen and oxygen atoms in total. The number of carbonyl (C=O) groups is 3. The molecule has 2 aliphatic rings. The maximum absolute atomic E-state index is 13.9. The number of halogens is 2. The zero-order chi connectivity index (χ0) is 19.6. The Balaban J connectivity index is 1.75. The molecule has 2 saturated heterocycles. The van der Waals surface area contributed by atoms with Crippen molar-refractivity contribution in [3.8, 4) is 0 Å². The molecule has 1 aromatic carbocycles. The first-order chi connectivity index (χ1) is 12.8. The first kappa shape index (κ1) is 19.0. The Kier molecular flexibility index (Phi) is 5.25. The number of likely N-dealkylation sites (tertiary alicyclic amines) is 2. The number of rotatable bonds is 4. The number of nitrogens with one attached hydrogen (secondary N) is 1. The van der Waals surface area contributed by atoms with Crippen molar-refractivity contribution >= 4 is 23.4 Å². The standard InChI is InChI=1S/C19H21F2N3O3/c1-2-16(25)24-12-19(20,21)11-15(24)18(27)23-10-6-9-14(23)17(26)22-13-7-4-3-5-8-13/h2-5,7-8,14-15H,1,6,9-12H2,(H,22,26)/t14-,15-/m0/s1. The van der Waals surface area contributed by atoms with Crippen LogP contribution in [0, 0.1) is 0 Å². The number of hydrogen-bond donors (Lipinski definition) is 1. The molecule has 1 N–H and O–H groups in total. The number of nitrogens with zero attached hydrogens (tertiary/aromatic N) is 2. The third-order valence-electron chi connectivity index (χ3n) is 4.89. The second-order valence-electron chi connectivity index (χ2n) is 6.79. The highest BCUT2D eigenvalue weighted by Crippen LogP contribution is 2.34. The molecule has 2 heterocycles. The maximum Gasteiger partial charge on any atom is 0.267 e. The first-order valence-electron chi connectivity index (χ1n) is 8.79. The lowest BCUT2D eigenvalue weighted by molar-refractivity contribution is -0.144. The van der Waals surface area contributed by atoms with Crippen LogP contribution in [0.3, 0.4) is 0 Å². The van der Waals surface area contributed by atoms with Crippen LogP contribution in [0.25, 0.3) is 0 Å². The van der Waals surface area contributed by atoms with E-state index in [1.165, 1.54) is 4.90 Å². The number of hydrogen-bond acceptors (Lipinski definition) is 3. The third-order valence-corrected chi connectivity index (χ3v) is 4.89. The quantitative estimate of drug-likeness (QED) is 0.817. The molecule has 0 aliphatic carbocycles. The second kappa shape index (κ2) is 7.46. The molecule has 0 spiro atoms. The van der Waals surface area contributed by atoms with Crippen molar-refractivity contribution < 1.29 is 23.2 Å². The smallest absolute Gasteiger partial charge is 0.267 e. The Morgan fingerprint density at radius 1 is 1.15 bits per heavy atom. The van der Waals surface area contributed by atoms with Gasteiger partial charge in [0, 0.05) is 18.7 Å². The molecule has 1 aromatic rings. The number of alkyl halides is 2. The van der Waals surface area contributed by atoms with Gasteiger partial charge in [-0.3, -0.25) is 14.4 Å². The van der Waals surface area contributed by atoms with Gasteiger partial charge < -0.3 is 15.1 Å². The van der Waals surface area contributed by atoms with Crippen LogP contribution in [0.15, 0.2) is 43.0 Å². The van der Waals surface area contributed by atoms with Gasteiger partial charge >= 0.3 is 0 Å². The molecule has 27 heavy (non-hydrogen) atoms. The average molecular weight is 377 g/mol. The normalized spacial score (nSPS) is 23.9. The van der Waals surface area contributed by atoms with Crippen molar-refractivity contribution in [2.24, 2.45) is 0 Å². The van der Waals surface area contributed by atoms with E-state index in [-0.39, 0.29) is 5.91 Å². The van der Waals surface area contributed by atoms with Crippen LogP contribution in [-0.2, 0) is 14.4 Å². The molecule has 2 aliphatic heterocycles. The van der Waals surface area contributed by atoms with E-state index in [1.807, 2.05) is 6.07 Å². The van der Waals surface area contributed by atoms with Crippen LogP contribution in [-0.4, -0.2) is 58.6 Å². The Labute approximate surface area is 155 Å². The second-order valence-corrected chi connectivity index (χ2v) is 6.79. The lowest BCUT2D eigenvalue weighted by Gasteiger charge is -2.30. The molecule has 0 bridgehead atoms. The summed E-state index contributed by atoms with van der Waals surface area (Å²) in [5.74, 6) is -4.83. The van der Waals surface area contributed by atoms with Crippen molar-refractivity contribution in [1.82, 2.24) is 9.80 Å². The van der Waals surface area contributed by atoms with E-state index in [0.29, 0.717) is 25.1 Å². The molecular formula is C19H21F2N3O3. The average Bonchev–Trinajstić information content (AvgIpc) is 3.25. The van der Waals surface area contributed by atoms with Crippen molar-refractivity contribution in [1.29, 1.82) is 0 Å². The number of para-hydroxylation sites is 1. The Morgan fingerprint density at radius 2 is 1.85 bits per heavy atom. The van der Waals surface area contributed by atoms with Crippen molar-refractivity contribution in [3.05, 3.63) is 43.0 Å².